The number of amides is 1. The maximum Gasteiger partial charge on any atom is 0.221 e. The van der Waals surface area contributed by atoms with Crippen LogP contribution in [0.2, 0.25) is 0 Å². The first-order valence-electron chi connectivity index (χ1n) is 6.68. The molecule has 0 fully saturated rings. The number of carbonyl (C=O) groups excluding carboxylic acids is 1. The zero-order valence-electron chi connectivity index (χ0n) is 11.9. The predicted octanol–water partition coefficient (Wildman–Crippen LogP) is 2.42. The Hall–Kier alpha value is -1.85. The van der Waals surface area contributed by atoms with Gasteiger partial charge in [-0.25, -0.2) is 0 Å². The zero-order chi connectivity index (χ0) is 14.7. The maximum absolute atomic E-state index is 11.0. The third kappa shape index (κ3) is 3.59. The molecule has 0 aliphatic rings. The summed E-state index contributed by atoms with van der Waals surface area (Å²) < 4.78 is 5.62. The molecule has 108 valence electrons. The first-order valence-corrected chi connectivity index (χ1v) is 6.68. The Morgan fingerprint density at radius 1 is 1.35 bits per heavy atom. The Bertz CT molecular complexity index is 604. The van der Waals surface area contributed by atoms with Gasteiger partial charge in [-0.15, -0.1) is 0 Å². The standard InChI is InChI=1S/C15H20N2O3/c1-9(2)16-8-13(19)15-7-11-6-12(17-10(3)18)4-5-14(11)20-15/h4-7,9,13,16,19H,8H2,1-3H3,(H,17,18). The van der Waals surface area contributed by atoms with Crippen molar-refractivity contribution in [3.63, 3.8) is 0 Å². The van der Waals surface area contributed by atoms with E-state index in [2.05, 4.69) is 10.6 Å². The Morgan fingerprint density at radius 3 is 2.75 bits per heavy atom. The summed E-state index contributed by atoms with van der Waals surface area (Å²) in [4.78, 5) is 11.0. The molecule has 2 rings (SSSR count). The second-order valence-corrected chi connectivity index (χ2v) is 5.16. The molecule has 0 saturated heterocycles. The van der Waals surface area contributed by atoms with Crippen LogP contribution < -0.4 is 10.6 Å². The van der Waals surface area contributed by atoms with Crippen molar-refractivity contribution in [2.24, 2.45) is 0 Å². The number of hydrogen-bond donors (Lipinski definition) is 3. The molecule has 0 saturated carbocycles. The summed E-state index contributed by atoms with van der Waals surface area (Å²) in [6.07, 6.45) is -0.686. The predicted molar refractivity (Wildman–Crippen MR) is 78.6 cm³/mol. The van der Waals surface area contributed by atoms with Gasteiger partial charge in [0.05, 0.1) is 0 Å². The average molecular weight is 276 g/mol. The summed E-state index contributed by atoms with van der Waals surface area (Å²) in [6, 6.07) is 7.49. The fourth-order valence-corrected chi connectivity index (χ4v) is 1.96. The number of benzene rings is 1. The second kappa shape index (κ2) is 6.07. The molecule has 1 unspecified atom stereocenters. The highest BCUT2D eigenvalue weighted by atomic mass is 16.4. The van der Waals surface area contributed by atoms with Crippen molar-refractivity contribution in [3.05, 3.63) is 30.0 Å². The van der Waals surface area contributed by atoms with Crippen LogP contribution in [0.4, 0.5) is 5.69 Å². The van der Waals surface area contributed by atoms with Gasteiger partial charge in [0, 0.05) is 30.6 Å². The highest BCUT2D eigenvalue weighted by Gasteiger charge is 2.14. The summed E-state index contributed by atoms with van der Waals surface area (Å²) in [5, 5.41) is 16.8. The number of furan rings is 1. The van der Waals surface area contributed by atoms with Gasteiger partial charge in [-0.05, 0) is 24.3 Å². The molecular formula is C15H20N2O3. The van der Waals surface area contributed by atoms with Gasteiger partial charge in [0.15, 0.2) is 0 Å². The lowest BCUT2D eigenvalue weighted by molar-refractivity contribution is -0.114. The molecule has 5 nitrogen and oxygen atoms in total. The molecule has 3 N–H and O–H groups in total. The van der Waals surface area contributed by atoms with E-state index in [1.165, 1.54) is 6.92 Å². The van der Waals surface area contributed by atoms with E-state index in [4.69, 9.17) is 4.42 Å². The average Bonchev–Trinajstić information content (AvgIpc) is 2.78. The van der Waals surface area contributed by atoms with Gasteiger partial charge in [0.25, 0.3) is 0 Å². The van der Waals surface area contributed by atoms with E-state index in [9.17, 15) is 9.90 Å². The summed E-state index contributed by atoms with van der Waals surface area (Å²) in [7, 11) is 0. The lowest BCUT2D eigenvalue weighted by Crippen LogP contribution is -2.27. The van der Waals surface area contributed by atoms with Crippen LogP contribution in [0.15, 0.2) is 28.7 Å². The Labute approximate surface area is 118 Å². The van der Waals surface area contributed by atoms with Crippen LogP contribution >= 0.6 is 0 Å². The van der Waals surface area contributed by atoms with Gasteiger partial charge in [-0.3, -0.25) is 4.79 Å². The number of hydrogen-bond acceptors (Lipinski definition) is 4. The van der Waals surface area contributed by atoms with E-state index in [0.29, 0.717) is 29.6 Å². The molecular weight excluding hydrogens is 256 g/mol. The lowest BCUT2D eigenvalue weighted by atomic mass is 10.2. The minimum atomic E-state index is -0.686. The maximum atomic E-state index is 11.0. The van der Waals surface area contributed by atoms with Crippen LogP contribution in [0.5, 0.6) is 0 Å². The van der Waals surface area contributed by atoms with E-state index in [1.54, 1.807) is 18.2 Å². The van der Waals surface area contributed by atoms with Gasteiger partial charge in [0.1, 0.15) is 17.4 Å². The highest BCUT2D eigenvalue weighted by Crippen LogP contribution is 2.26. The van der Waals surface area contributed by atoms with E-state index in [1.807, 2.05) is 19.9 Å². The molecule has 5 heteroatoms. The quantitative estimate of drug-likeness (QED) is 0.784. The summed E-state index contributed by atoms with van der Waals surface area (Å²) in [5.74, 6) is 0.405. The van der Waals surface area contributed by atoms with Crippen molar-refractivity contribution >= 4 is 22.6 Å². The Kier molecular flexibility index (Phi) is 4.42. The molecule has 0 aliphatic heterocycles. The fraction of sp³-hybridized carbons (Fsp3) is 0.400. The first kappa shape index (κ1) is 14.6. The van der Waals surface area contributed by atoms with Crippen LogP contribution in [0, 0.1) is 0 Å². The number of rotatable bonds is 5. The summed E-state index contributed by atoms with van der Waals surface area (Å²) in [5.41, 5.74) is 1.41. The third-order valence-electron chi connectivity index (χ3n) is 2.90. The second-order valence-electron chi connectivity index (χ2n) is 5.16. The number of aliphatic hydroxyl groups excluding tert-OH is 1. The van der Waals surface area contributed by atoms with Crippen LogP contribution in [-0.4, -0.2) is 23.6 Å². The minimum absolute atomic E-state index is 0.116. The van der Waals surface area contributed by atoms with Crippen LogP contribution in [0.25, 0.3) is 11.0 Å². The molecule has 0 radical (unpaired) electrons. The van der Waals surface area contributed by atoms with Crippen molar-refractivity contribution in [1.29, 1.82) is 0 Å². The topological polar surface area (TPSA) is 74.5 Å². The molecule has 1 heterocycles. The van der Waals surface area contributed by atoms with Gasteiger partial charge < -0.3 is 20.2 Å². The van der Waals surface area contributed by atoms with Gasteiger partial charge in [0.2, 0.25) is 5.91 Å². The van der Waals surface area contributed by atoms with Gasteiger partial charge >= 0.3 is 0 Å². The molecule has 2 aromatic rings. The van der Waals surface area contributed by atoms with Crippen LogP contribution in [-0.2, 0) is 4.79 Å². The molecule has 20 heavy (non-hydrogen) atoms. The number of anilines is 1. The SMILES string of the molecule is CC(=O)Nc1ccc2oc(C(O)CNC(C)C)cc2c1. The molecule has 0 spiro atoms. The molecule has 1 atom stereocenters. The molecule has 1 amide bonds. The number of aliphatic hydroxyl groups is 1. The number of nitrogens with one attached hydrogen (secondary N) is 2. The molecule has 1 aromatic carbocycles. The fourth-order valence-electron chi connectivity index (χ4n) is 1.96. The smallest absolute Gasteiger partial charge is 0.221 e. The van der Waals surface area contributed by atoms with Gasteiger partial charge in [-0.1, -0.05) is 13.8 Å². The Morgan fingerprint density at radius 2 is 2.10 bits per heavy atom. The Balaban J connectivity index is 2.18. The minimum Gasteiger partial charge on any atom is -0.458 e. The summed E-state index contributed by atoms with van der Waals surface area (Å²) >= 11 is 0. The van der Waals surface area contributed by atoms with Gasteiger partial charge in [-0.2, -0.15) is 0 Å². The molecule has 0 aliphatic carbocycles. The number of carbonyl (C=O) groups is 1. The van der Waals surface area contributed by atoms with Crippen molar-refractivity contribution in [1.82, 2.24) is 5.32 Å². The van der Waals surface area contributed by atoms with E-state index < -0.39 is 6.10 Å². The lowest BCUT2D eigenvalue weighted by Gasteiger charge is -2.11. The first-order chi connectivity index (χ1) is 9.45. The van der Waals surface area contributed by atoms with E-state index in [0.717, 1.165) is 5.39 Å². The normalized spacial score (nSPS) is 12.8. The van der Waals surface area contributed by atoms with E-state index >= 15 is 0 Å². The van der Waals surface area contributed by atoms with E-state index in [-0.39, 0.29) is 5.91 Å². The highest BCUT2D eigenvalue weighted by molar-refractivity contribution is 5.92. The zero-order valence-corrected chi connectivity index (χ0v) is 11.9. The number of fused-ring (bicyclic) bond motifs is 1. The van der Waals surface area contributed by atoms with Crippen molar-refractivity contribution in [2.45, 2.75) is 32.9 Å². The molecule has 0 bridgehead atoms. The monoisotopic (exact) mass is 276 g/mol. The summed E-state index contributed by atoms with van der Waals surface area (Å²) in [6.45, 7) is 5.94. The van der Waals surface area contributed by atoms with Crippen molar-refractivity contribution in [3.8, 4) is 0 Å². The van der Waals surface area contributed by atoms with Crippen LogP contribution in [0.3, 0.4) is 0 Å². The third-order valence-corrected chi connectivity index (χ3v) is 2.90. The molecule has 1 aromatic heterocycles. The van der Waals surface area contributed by atoms with Crippen molar-refractivity contribution < 1.29 is 14.3 Å². The van der Waals surface area contributed by atoms with Crippen molar-refractivity contribution in [2.75, 3.05) is 11.9 Å². The largest absolute Gasteiger partial charge is 0.458 e. The van der Waals surface area contributed by atoms with Crippen LogP contribution in [0.1, 0.15) is 32.6 Å².